The molecule has 1 saturated heterocycles. The maximum atomic E-state index is 13.2. The molecule has 1 atom stereocenters. The standard InChI is InChI=1S/C16H19FN4O/c1-12-19-4-6-20(12)10-13-3-2-5-21(11-13)16(22)14-7-15(17)9-18-8-14/h4,6-9,13H,2-3,5,10-11H2,1H3. The number of amides is 1. The Morgan fingerprint density at radius 1 is 1.45 bits per heavy atom. The fraction of sp³-hybridized carbons (Fsp3) is 0.438. The Morgan fingerprint density at radius 2 is 2.32 bits per heavy atom. The second kappa shape index (κ2) is 6.25. The van der Waals surface area contributed by atoms with Crippen molar-refractivity contribution in [3.8, 4) is 0 Å². The summed E-state index contributed by atoms with van der Waals surface area (Å²) in [4.78, 5) is 22.3. The van der Waals surface area contributed by atoms with E-state index in [1.807, 2.05) is 13.1 Å². The van der Waals surface area contributed by atoms with Crippen molar-refractivity contribution in [3.63, 3.8) is 0 Å². The predicted molar refractivity (Wildman–Crippen MR) is 79.8 cm³/mol. The Morgan fingerprint density at radius 3 is 3.05 bits per heavy atom. The van der Waals surface area contributed by atoms with Gasteiger partial charge in [-0.15, -0.1) is 0 Å². The Labute approximate surface area is 128 Å². The number of piperidine rings is 1. The zero-order valence-corrected chi connectivity index (χ0v) is 12.6. The molecular weight excluding hydrogens is 283 g/mol. The van der Waals surface area contributed by atoms with E-state index in [0.29, 0.717) is 18.0 Å². The quantitative estimate of drug-likeness (QED) is 0.874. The van der Waals surface area contributed by atoms with E-state index in [2.05, 4.69) is 14.5 Å². The fourth-order valence-corrected chi connectivity index (χ4v) is 2.98. The summed E-state index contributed by atoms with van der Waals surface area (Å²) in [6.45, 7) is 4.24. The predicted octanol–water partition coefficient (Wildman–Crippen LogP) is 2.28. The largest absolute Gasteiger partial charge is 0.338 e. The number of carbonyl (C=O) groups is 1. The number of hydrogen-bond donors (Lipinski definition) is 0. The van der Waals surface area contributed by atoms with Gasteiger partial charge in [0.1, 0.15) is 11.6 Å². The van der Waals surface area contributed by atoms with Crippen LogP contribution in [0.15, 0.2) is 30.9 Å². The van der Waals surface area contributed by atoms with Gasteiger partial charge in [0.2, 0.25) is 0 Å². The highest BCUT2D eigenvalue weighted by Gasteiger charge is 2.25. The zero-order valence-electron chi connectivity index (χ0n) is 12.6. The first-order chi connectivity index (χ1) is 10.6. The van der Waals surface area contributed by atoms with Crippen LogP contribution in [0.4, 0.5) is 4.39 Å². The summed E-state index contributed by atoms with van der Waals surface area (Å²) in [6.07, 6.45) is 8.34. The van der Waals surface area contributed by atoms with E-state index in [-0.39, 0.29) is 5.91 Å². The van der Waals surface area contributed by atoms with E-state index in [4.69, 9.17) is 0 Å². The van der Waals surface area contributed by atoms with Gasteiger partial charge in [-0.1, -0.05) is 0 Å². The number of imidazole rings is 1. The Bertz CT molecular complexity index is 670. The second-order valence-corrected chi connectivity index (χ2v) is 5.78. The monoisotopic (exact) mass is 302 g/mol. The van der Waals surface area contributed by atoms with Crippen LogP contribution in [-0.2, 0) is 6.54 Å². The van der Waals surface area contributed by atoms with Crippen LogP contribution in [0.2, 0.25) is 0 Å². The average molecular weight is 302 g/mol. The third-order valence-electron chi connectivity index (χ3n) is 4.14. The zero-order chi connectivity index (χ0) is 15.5. The van der Waals surface area contributed by atoms with Gasteiger partial charge >= 0.3 is 0 Å². The van der Waals surface area contributed by atoms with E-state index in [1.54, 1.807) is 11.1 Å². The van der Waals surface area contributed by atoms with E-state index >= 15 is 0 Å². The van der Waals surface area contributed by atoms with Crippen LogP contribution in [-0.4, -0.2) is 38.4 Å². The van der Waals surface area contributed by atoms with Gasteiger partial charge < -0.3 is 9.47 Å². The van der Waals surface area contributed by atoms with Crippen LogP contribution < -0.4 is 0 Å². The lowest BCUT2D eigenvalue weighted by molar-refractivity contribution is 0.0661. The van der Waals surface area contributed by atoms with Crippen molar-refractivity contribution in [2.75, 3.05) is 13.1 Å². The topological polar surface area (TPSA) is 51.0 Å². The number of aryl methyl sites for hydroxylation is 1. The van der Waals surface area contributed by atoms with Crippen LogP contribution in [0, 0.1) is 18.7 Å². The van der Waals surface area contributed by atoms with Gasteiger partial charge in [-0.2, -0.15) is 0 Å². The van der Waals surface area contributed by atoms with Gasteiger partial charge in [-0.25, -0.2) is 9.37 Å². The number of hydrogen-bond acceptors (Lipinski definition) is 3. The molecule has 0 saturated carbocycles. The van der Waals surface area contributed by atoms with Crippen LogP contribution in [0.25, 0.3) is 0 Å². The molecule has 6 heteroatoms. The summed E-state index contributed by atoms with van der Waals surface area (Å²) in [7, 11) is 0. The molecule has 0 aliphatic carbocycles. The minimum atomic E-state index is -0.478. The number of aromatic nitrogens is 3. The van der Waals surface area contributed by atoms with Crippen LogP contribution in [0.3, 0.4) is 0 Å². The summed E-state index contributed by atoms with van der Waals surface area (Å²) in [5, 5.41) is 0. The summed E-state index contributed by atoms with van der Waals surface area (Å²) in [6, 6.07) is 1.25. The first kappa shape index (κ1) is 14.7. The second-order valence-electron chi connectivity index (χ2n) is 5.78. The normalized spacial score (nSPS) is 18.5. The molecular formula is C16H19FN4O. The van der Waals surface area contributed by atoms with Gasteiger partial charge in [-0.05, 0) is 31.7 Å². The molecule has 0 aromatic carbocycles. The molecule has 5 nitrogen and oxygen atoms in total. The smallest absolute Gasteiger partial charge is 0.255 e. The van der Waals surface area contributed by atoms with Crippen molar-refractivity contribution in [1.82, 2.24) is 19.4 Å². The molecule has 3 heterocycles. The molecule has 0 radical (unpaired) electrons. The third kappa shape index (κ3) is 3.16. The van der Waals surface area contributed by atoms with Gasteiger partial charge in [-0.3, -0.25) is 9.78 Å². The van der Waals surface area contributed by atoms with Crippen molar-refractivity contribution in [2.24, 2.45) is 5.92 Å². The highest BCUT2D eigenvalue weighted by Crippen LogP contribution is 2.20. The van der Waals surface area contributed by atoms with Crippen LogP contribution in [0.1, 0.15) is 29.0 Å². The Kier molecular flexibility index (Phi) is 4.18. The van der Waals surface area contributed by atoms with E-state index in [1.165, 1.54) is 12.3 Å². The number of carbonyl (C=O) groups excluding carboxylic acids is 1. The summed E-state index contributed by atoms with van der Waals surface area (Å²) in [5.74, 6) is 0.761. The lowest BCUT2D eigenvalue weighted by Crippen LogP contribution is -2.41. The molecule has 2 aromatic rings. The lowest BCUT2D eigenvalue weighted by Gasteiger charge is -2.33. The molecule has 1 aliphatic rings. The molecule has 1 fully saturated rings. The number of nitrogens with zero attached hydrogens (tertiary/aromatic N) is 4. The summed E-state index contributed by atoms with van der Waals surface area (Å²) in [5.41, 5.74) is 0.319. The molecule has 0 N–H and O–H groups in total. The molecule has 1 aliphatic heterocycles. The minimum Gasteiger partial charge on any atom is -0.338 e. The highest BCUT2D eigenvalue weighted by molar-refractivity contribution is 5.93. The summed E-state index contributed by atoms with van der Waals surface area (Å²) < 4.78 is 15.3. The van der Waals surface area contributed by atoms with Crippen molar-refractivity contribution < 1.29 is 9.18 Å². The number of halogens is 1. The molecule has 0 spiro atoms. The van der Waals surface area contributed by atoms with Gasteiger partial charge in [0.05, 0.1) is 11.8 Å². The van der Waals surface area contributed by atoms with Crippen molar-refractivity contribution in [2.45, 2.75) is 26.3 Å². The number of pyridine rings is 1. The fourth-order valence-electron chi connectivity index (χ4n) is 2.98. The first-order valence-corrected chi connectivity index (χ1v) is 7.51. The maximum absolute atomic E-state index is 13.2. The van der Waals surface area contributed by atoms with E-state index in [0.717, 1.165) is 38.0 Å². The van der Waals surface area contributed by atoms with Crippen molar-refractivity contribution >= 4 is 5.91 Å². The number of rotatable bonds is 3. The van der Waals surface area contributed by atoms with Crippen molar-refractivity contribution in [1.29, 1.82) is 0 Å². The first-order valence-electron chi connectivity index (χ1n) is 7.51. The maximum Gasteiger partial charge on any atom is 0.255 e. The third-order valence-corrected chi connectivity index (χ3v) is 4.14. The Balaban J connectivity index is 1.67. The SMILES string of the molecule is Cc1nccn1CC1CCCN(C(=O)c2cncc(F)c2)C1. The molecule has 2 aromatic heterocycles. The molecule has 22 heavy (non-hydrogen) atoms. The molecule has 0 bridgehead atoms. The average Bonchev–Trinajstić information content (AvgIpc) is 2.92. The molecule has 116 valence electrons. The van der Waals surface area contributed by atoms with Crippen LogP contribution >= 0.6 is 0 Å². The molecule has 1 amide bonds. The van der Waals surface area contributed by atoms with Crippen LogP contribution in [0.5, 0.6) is 0 Å². The minimum absolute atomic E-state index is 0.140. The van der Waals surface area contributed by atoms with E-state index in [9.17, 15) is 9.18 Å². The molecule has 1 unspecified atom stereocenters. The van der Waals surface area contributed by atoms with Gasteiger partial charge in [0.25, 0.3) is 5.91 Å². The summed E-state index contributed by atoms with van der Waals surface area (Å²) >= 11 is 0. The molecule has 3 rings (SSSR count). The number of likely N-dealkylation sites (tertiary alicyclic amines) is 1. The highest BCUT2D eigenvalue weighted by atomic mass is 19.1. The Hall–Kier alpha value is -2.24. The lowest BCUT2D eigenvalue weighted by atomic mass is 9.97. The van der Waals surface area contributed by atoms with Gasteiger partial charge in [0, 0.05) is 38.2 Å². The van der Waals surface area contributed by atoms with E-state index < -0.39 is 5.82 Å². The van der Waals surface area contributed by atoms with Gasteiger partial charge in [0.15, 0.2) is 0 Å². The van der Waals surface area contributed by atoms with Crippen molar-refractivity contribution in [3.05, 3.63) is 48.1 Å².